The lowest BCUT2D eigenvalue weighted by Crippen LogP contribution is -2.45. The molecule has 1 amide bonds. The number of aliphatic hydroxyl groups is 1. The summed E-state index contributed by atoms with van der Waals surface area (Å²) in [6.45, 7) is 4.68. The number of hydrogen-bond acceptors (Lipinski definition) is 5. The maximum Gasteiger partial charge on any atom is 0.472 e. The Morgan fingerprint density at radius 2 is 0.670 bits per heavy atom. The molecule has 0 bridgehead atoms. The van der Waals surface area contributed by atoms with Crippen LogP contribution in [0.5, 0.6) is 0 Å². The van der Waals surface area contributed by atoms with E-state index < -0.39 is 20.0 Å². The van der Waals surface area contributed by atoms with Gasteiger partial charge in [0, 0.05) is 6.42 Å². The molecule has 8 nitrogen and oxygen atoms in total. The number of quaternary nitrogens is 1. The fourth-order valence-electron chi connectivity index (χ4n) is 10.2. The number of hydrogen-bond donors (Lipinski definition) is 3. The average molecular weight is 1280 g/mol. The summed E-state index contributed by atoms with van der Waals surface area (Å²) in [5.74, 6) is -0.209. The second-order valence-electron chi connectivity index (χ2n) is 25.9. The first-order valence-corrected chi connectivity index (χ1v) is 38.9. The molecule has 0 aliphatic carbocycles. The van der Waals surface area contributed by atoms with E-state index in [-0.39, 0.29) is 19.1 Å². The van der Waals surface area contributed by atoms with Crippen molar-refractivity contribution in [1.29, 1.82) is 0 Å². The molecular formula is C82H142N2O6P+. The molecular weight excluding hydrogens is 1140 g/mol. The molecule has 3 atom stereocenters. The van der Waals surface area contributed by atoms with Crippen LogP contribution in [0, 0.1) is 0 Å². The number of likely N-dealkylation sites (N-methyl/N-ethyl adjacent to an activating group) is 1. The third-order valence-electron chi connectivity index (χ3n) is 16.0. The van der Waals surface area contributed by atoms with Gasteiger partial charge in [-0.05, 0) is 116 Å². The van der Waals surface area contributed by atoms with Gasteiger partial charge in [0.25, 0.3) is 0 Å². The van der Waals surface area contributed by atoms with E-state index >= 15 is 0 Å². The minimum Gasteiger partial charge on any atom is -0.387 e. The standard InChI is InChI=1S/C82H141N2O6P/c1-6-8-10-12-14-16-18-20-22-24-26-28-30-32-34-36-38-39-40-41-42-43-44-45-46-48-50-52-54-56-58-60-62-64-66-68-70-72-74-76-82(86)83-80(79-90-91(87,88)89-78-77-84(3,4)5)81(85)75-73-71-69-67-65-63-61-59-57-55-53-51-49-47-37-35-33-31-29-27-25-23-21-19-17-15-13-11-9-7-2/h8,10,14,16,20,22,26,28,32,34,38-39,41-42,44-45,48,50,54,56,60,62,65,67,73,75,80-81,85H,6-7,9,11-13,15,17-19,21,23-25,27,29-31,33,35-37,40,43,46-47,49,51-53,55,57-59,61,63-64,66,68-72,74,76-79H2,1-5H3,(H-,83,86,87,88)/p+1/b10-8-,16-14-,22-20-,28-26-,34-32-,39-38-,42-41-,45-44-,50-48-,56-54-,62-60-,67-65+,75-73+. The largest absolute Gasteiger partial charge is 0.472 e. The third-order valence-corrected chi connectivity index (χ3v) is 17.0. The van der Waals surface area contributed by atoms with Gasteiger partial charge in [-0.25, -0.2) is 4.57 Å². The zero-order valence-corrected chi connectivity index (χ0v) is 60.4. The van der Waals surface area contributed by atoms with Crippen LogP contribution in [-0.2, 0) is 18.4 Å². The first-order valence-electron chi connectivity index (χ1n) is 37.4. The maximum atomic E-state index is 13.1. The van der Waals surface area contributed by atoms with Crippen LogP contribution in [0.15, 0.2) is 158 Å². The summed E-state index contributed by atoms with van der Waals surface area (Å²) in [7, 11) is 1.52. The van der Waals surface area contributed by atoms with Crippen LogP contribution >= 0.6 is 7.82 Å². The summed E-state index contributed by atoms with van der Waals surface area (Å²) < 4.78 is 23.8. The summed E-state index contributed by atoms with van der Waals surface area (Å²) in [4.78, 5) is 23.4. The van der Waals surface area contributed by atoms with E-state index in [1.165, 1.54) is 154 Å². The van der Waals surface area contributed by atoms with Crippen molar-refractivity contribution in [2.75, 3.05) is 40.9 Å². The van der Waals surface area contributed by atoms with E-state index in [4.69, 9.17) is 9.05 Å². The molecule has 91 heavy (non-hydrogen) atoms. The lowest BCUT2D eigenvalue weighted by Gasteiger charge is -2.25. The molecule has 3 unspecified atom stereocenters. The highest BCUT2D eigenvalue weighted by Crippen LogP contribution is 2.43. The molecule has 0 saturated carbocycles. The molecule has 0 aliphatic heterocycles. The van der Waals surface area contributed by atoms with Crippen LogP contribution in [0.4, 0.5) is 0 Å². The van der Waals surface area contributed by atoms with Gasteiger partial charge in [0.05, 0.1) is 39.9 Å². The summed E-state index contributed by atoms with van der Waals surface area (Å²) in [6, 6.07) is -0.888. The smallest absolute Gasteiger partial charge is 0.387 e. The molecule has 9 heteroatoms. The lowest BCUT2D eigenvalue weighted by atomic mass is 10.0. The van der Waals surface area contributed by atoms with Gasteiger partial charge in [-0.3, -0.25) is 13.8 Å². The second-order valence-corrected chi connectivity index (χ2v) is 27.4. The van der Waals surface area contributed by atoms with Gasteiger partial charge in [0.1, 0.15) is 13.2 Å². The molecule has 0 fully saturated rings. The second kappa shape index (κ2) is 70.4. The zero-order valence-electron chi connectivity index (χ0n) is 59.5. The van der Waals surface area contributed by atoms with Crippen molar-refractivity contribution in [3.63, 3.8) is 0 Å². The van der Waals surface area contributed by atoms with Crippen LogP contribution in [0.1, 0.15) is 303 Å². The third kappa shape index (κ3) is 73.4. The predicted octanol–water partition coefficient (Wildman–Crippen LogP) is 24.5. The minimum absolute atomic E-state index is 0.0440. The summed E-state index contributed by atoms with van der Waals surface area (Å²) >= 11 is 0. The Hall–Kier alpha value is -3.88. The molecule has 0 aromatic heterocycles. The van der Waals surface area contributed by atoms with Crippen LogP contribution in [-0.4, -0.2) is 73.4 Å². The van der Waals surface area contributed by atoms with Crippen molar-refractivity contribution in [2.24, 2.45) is 0 Å². The van der Waals surface area contributed by atoms with E-state index in [1.54, 1.807) is 6.08 Å². The first kappa shape index (κ1) is 87.1. The maximum absolute atomic E-state index is 13.1. The SMILES string of the molecule is CC/C=C\C/C=C\C/C=C\C/C=C\C/C=C\C/C=C\C/C=C\C/C=C\C/C=C\C/C=C\C/C=C\CCCCCCCC(=O)NC(COP(=O)(O)OCC[N+](C)(C)C)C(O)/C=C/CC/C=C/CCCCCCCCCCCCCCCCCCCCCCCCCC. The Morgan fingerprint density at radius 1 is 0.385 bits per heavy atom. The quantitative estimate of drug-likeness (QED) is 0.0243. The number of phosphoric ester groups is 1. The number of carbonyl (C=O) groups excluding carboxylic acids is 1. The molecule has 3 N–H and O–H groups in total. The van der Waals surface area contributed by atoms with Crippen molar-refractivity contribution in [3.05, 3.63) is 158 Å². The molecule has 0 saturated heterocycles. The number of amides is 1. The van der Waals surface area contributed by atoms with Crippen molar-refractivity contribution >= 4 is 13.7 Å². The fraction of sp³-hybridized carbons (Fsp3) is 0.671. The molecule has 0 aromatic rings. The molecule has 0 heterocycles. The monoisotopic (exact) mass is 1280 g/mol. The topological polar surface area (TPSA) is 105 Å². The van der Waals surface area contributed by atoms with Crippen molar-refractivity contribution in [3.8, 4) is 0 Å². The summed E-state index contributed by atoms with van der Waals surface area (Å²) in [5.41, 5.74) is 0. The average Bonchev–Trinajstić information content (AvgIpc) is 3.58. The number of phosphoric acid groups is 1. The van der Waals surface area contributed by atoms with Gasteiger partial charge in [0.2, 0.25) is 5.91 Å². The van der Waals surface area contributed by atoms with Crippen LogP contribution < -0.4 is 5.32 Å². The highest BCUT2D eigenvalue weighted by atomic mass is 31.2. The normalized spacial score (nSPS) is 14.5. The Bertz CT molecular complexity index is 2050. The molecule has 0 aromatic carbocycles. The number of aliphatic hydroxyl groups excluding tert-OH is 1. The highest BCUT2D eigenvalue weighted by Gasteiger charge is 2.28. The van der Waals surface area contributed by atoms with Crippen molar-refractivity contribution < 1.29 is 32.9 Å². The molecule has 0 aliphatic rings. The van der Waals surface area contributed by atoms with Crippen molar-refractivity contribution in [1.82, 2.24) is 5.32 Å². The molecule has 520 valence electrons. The van der Waals surface area contributed by atoms with E-state index in [2.05, 4.69) is 165 Å². The fourth-order valence-corrected chi connectivity index (χ4v) is 11.0. The van der Waals surface area contributed by atoms with Crippen LogP contribution in [0.25, 0.3) is 0 Å². The van der Waals surface area contributed by atoms with Gasteiger partial charge in [0.15, 0.2) is 0 Å². The molecule has 0 radical (unpaired) electrons. The summed E-state index contributed by atoms with van der Waals surface area (Å²) in [5, 5.41) is 14.0. The number of allylic oxidation sites excluding steroid dienone is 25. The Balaban J connectivity index is 4.20. The van der Waals surface area contributed by atoms with Gasteiger partial charge < -0.3 is 19.8 Å². The molecule has 0 rings (SSSR count). The van der Waals surface area contributed by atoms with E-state index in [1.807, 2.05) is 27.2 Å². The summed E-state index contributed by atoms with van der Waals surface area (Å²) in [6.07, 6.45) is 110. The van der Waals surface area contributed by atoms with E-state index in [9.17, 15) is 19.4 Å². The van der Waals surface area contributed by atoms with Crippen LogP contribution in [0.2, 0.25) is 0 Å². The van der Waals surface area contributed by atoms with Gasteiger partial charge in [-0.1, -0.05) is 339 Å². The Morgan fingerprint density at radius 3 is 1.01 bits per heavy atom. The zero-order chi connectivity index (χ0) is 66.2. The number of nitrogens with zero attached hydrogens (tertiary/aromatic N) is 1. The number of nitrogens with one attached hydrogen (secondary N) is 1. The number of rotatable bonds is 67. The minimum atomic E-state index is -4.38. The predicted molar refractivity (Wildman–Crippen MR) is 400 cm³/mol. The van der Waals surface area contributed by atoms with Gasteiger partial charge in [-0.2, -0.15) is 0 Å². The first-order chi connectivity index (χ1) is 44.5. The lowest BCUT2D eigenvalue weighted by molar-refractivity contribution is -0.870. The Kier molecular flexibility index (Phi) is 67.4. The number of unbranched alkanes of at least 4 members (excludes halogenated alkanes) is 30. The van der Waals surface area contributed by atoms with E-state index in [0.717, 1.165) is 128 Å². The van der Waals surface area contributed by atoms with Gasteiger partial charge >= 0.3 is 7.82 Å². The molecule has 0 spiro atoms. The van der Waals surface area contributed by atoms with E-state index in [0.29, 0.717) is 17.4 Å². The number of carbonyl (C=O) groups is 1. The van der Waals surface area contributed by atoms with Gasteiger partial charge in [-0.15, -0.1) is 0 Å². The Labute approximate surface area is 562 Å². The highest BCUT2D eigenvalue weighted by molar-refractivity contribution is 7.47. The van der Waals surface area contributed by atoms with Crippen molar-refractivity contribution in [2.45, 2.75) is 315 Å². The van der Waals surface area contributed by atoms with Crippen LogP contribution in [0.3, 0.4) is 0 Å².